The van der Waals surface area contributed by atoms with Crippen LogP contribution in [0.25, 0.3) is 0 Å². The molecule has 3 heterocycles. The van der Waals surface area contributed by atoms with Crippen molar-refractivity contribution in [2.45, 2.75) is 39.3 Å². The second kappa shape index (κ2) is 6.86. The number of carbonyl (C=O) groups is 1. The van der Waals surface area contributed by atoms with Gasteiger partial charge in [-0.1, -0.05) is 0 Å². The predicted octanol–water partition coefficient (Wildman–Crippen LogP) is 0.368. The largest absolute Gasteiger partial charge is 0.350 e. The number of aryl methyl sites for hydroxylation is 2. The van der Waals surface area contributed by atoms with Crippen LogP contribution in [0.1, 0.15) is 24.2 Å². The molecule has 0 unspecified atom stereocenters. The van der Waals surface area contributed by atoms with Crippen LogP contribution in [0.5, 0.6) is 0 Å². The molecule has 8 nitrogen and oxygen atoms in total. The van der Waals surface area contributed by atoms with Gasteiger partial charge in [-0.25, -0.2) is 4.98 Å². The number of nitrogens with one attached hydrogen (secondary N) is 2. The molecule has 1 fully saturated rings. The summed E-state index contributed by atoms with van der Waals surface area (Å²) in [6, 6.07) is 1.95. The number of hydrogen-bond donors (Lipinski definition) is 2. The molecule has 2 aromatic rings. The number of piperidine rings is 1. The molecular formula is C16H22N6O2. The zero-order valence-electron chi connectivity index (χ0n) is 14.0. The molecule has 0 saturated carbocycles. The maximum atomic E-state index is 12.3. The van der Waals surface area contributed by atoms with Gasteiger partial charge in [0.15, 0.2) is 5.82 Å². The van der Waals surface area contributed by atoms with E-state index in [1.54, 1.807) is 10.9 Å². The molecule has 1 aliphatic heterocycles. The molecule has 2 N–H and O–H groups in total. The fourth-order valence-electron chi connectivity index (χ4n) is 3.10. The monoisotopic (exact) mass is 330 g/mol. The summed E-state index contributed by atoms with van der Waals surface area (Å²) in [5.41, 5.74) is 1.67. The molecule has 2 aromatic heterocycles. The maximum absolute atomic E-state index is 12.3. The van der Waals surface area contributed by atoms with Gasteiger partial charge < -0.3 is 15.2 Å². The highest BCUT2D eigenvalue weighted by atomic mass is 16.2. The summed E-state index contributed by atoms with van der Waals surface area (Å²) < 4.78 is 1.70. The highest BCUT2D eigenvalue weighted by Crippen LogP contribution is 2.14. The Kier molecular flexibility index (Phi) is 4.64. The quantitative estimate of drug-likeness (QED) is 0.844. The first-order valence-electron chi connectivity index (χ1n) is 8.12. The molecule has 0 bridgehead atoms. The summed E-state index contributed by atoms with van der Waals surface area (Å²) in [6.07, 6.45) is 4.89. The minimum absolute atomic E-state index is 0.00428. The van der Waals surface area contributed by atoms with Gasteiger partial charge in [-0.2, -0.15) is 5.10 Å². The van der Waals surface area contributed by atoms with Gasteiger partial charge in [0.2, 0.25) is 5.91 Å². The van der Waals surface area contributed by atoms with E-state index in [9.17, 15) is 9.59 Å². The van der Waals surface area contributed by atoms with Crippen LogP contribution in [0, 0.1) is 13.8 Å². The third-order valence-electron chi connectivity index (χ3n) is 4.17. The number of hydrogen-bond acceptors (Lipinski definition) is 5. The number of aromatic amines is 1. The average Bonchev–Trinajstić information content (AvgIpc) is 2.85. The molecule has 128 valence electrons. The standard InChI is InChI=1S/C16H22N6O2/c1-11-8-12(2)22(20-11)10-14(23)19-13-4-3-7-21(9-13)15-16(24)18-6-5-17-15/h5-6,8,13H,3-4,7,9-10H2,1-2H3,(H,18,24)(H,19,23)/t13-/m1/s1. The third-order valence-corrected chi connectivity index (χ3v) is 4.17. The van der Waals surface area contributed by atoms with Gasteiger partial charge in [0.25, 0.3) is 5.56 Å². The van der Waals surface area contributed by atoms with Crippen molar-refractivity contribution < 1.29 is 4.79 Å². The Morgan fingerprint density at radius 3 is 3.00 bits per heavy atom. The van der Waals surface area contributed by atoms with Gasteiger partial charge in [0, 0.05) is 37.2 Å². The van der Waals surface area contributed by atoms with Crippen molar-refractivity contribution in [1.29, 1.82) is 0 Å². The van der Waals surface area contributed by atoms with Crippen molar-refractivity contribution in [3.8, 4) is 0 Å². The zero-order chi connectivity index (χ0) is 17.1. The first kappa shape index (κ1) is 16.2. The maximum Gasteiger partial charge on any atom is 0.290 e. The van der Waals surface area contributed by atoms with Gasteiger partial charge in [-0.15, -0.1) is 0 Å². The normalized spacial score (nSPS) is 17.8. The lowest BCUT2D eigenvalue weighted by Crippen LogP contribution is -2.50. The molecule has 0 spiro atoms. The highest BCUT2D eigenvalue weighted by molar-refractivity contribution is 5.76. The number of nitrogens with zero attached hydrogens (tertiary/aromatic N) is 4. The van der Waals surface area contributed by atoms with Crippen molar-refractivity contribution in [2.24, 2.45) is 0 Å². The number of aromatic nitrogens is 4. The zero-order valence-corrected chi connectivity index (χ0v) is 14.0. The van der Waals surface area contributed by atoms with Crippen LogP contribution in [0.15, 0.2) is 23.3 Å². The summed E-state index contributed by atoms with van der Waals surface area (Å²) in [4.78, 5) is 32.9. The van der Waals surface area contributed by atoms with E-state index < -0.39 is 0 Å². The summed E-state index contributed by atoms with van der Waals surface area (Å²) in [5.74, 6) is 0.345. The predicted molar refractivity (Wildman–Crippen MR) is 89.9 cm³/mol. The first-order valence-corrected chi connectivity index (χ1v) is 8.12. The van der Waals surface area contributed by atoms with Gasteiger partial charge in [-0.05, 0) is 32.8 Å². The first-order chi connectivity index (χ1) is 11.5. The van der Waals surface area contributed by atoms with Crippen molar-refractivity contribution in [1.82, 2.24) is 25.1 Å². The molecule has 0 radical (unpaired) electrons. The average molecular weight is 330 g/mol. The summed E-state index contributed by atoms with van der Waals surface area (Å²) in [6.45, 7) is 5.40. The molecule has 1 saturated heterocycles. The van der Waals surface area contributed by atoms with Crippen LogP contribution >= 0.6 is 0 Å². The molecule has 0 aromatic carbocycles. The number of rotatable bonds is 4. The molecular weight excluding hydrogens is 308 g/mol. The SMILES string of the molecule is Cc1cc(C)n(CC(=O)N[C@@H]2CCCN(c3ncc[nH]c3=O)C2)n1. The lowest BCUT2D eigenvalue weighted by molar-refractivity contribution is -0.122. The Morgan fingerprint density at radius 2 is 2.29 bits per heavy atom. The molecule has 3 rings (SSSR count). The fourth-order valence-corrected chi connectivity index (χ4v) is 3.10. The lowest BCUT2D eigenvalue weighted by atomic mass is 10.1. The van der Waals surface area contributed by atoms with Gasteiger partial charge in [0.05, 0.1) is 5.69 Å². The van der Waals surface area contributed by atoms with E-state index in [4.69, 9.17) is 0 Å². The molecule has 24 heavy (non-hydrogen) atoms. The highest BCUT2D eigenvalue weighted by Gasteiger charge is 2.24. The van der Waals surface area contributed by atoms with Crippen LogP contribution in [0.2, 0.25) is 0 Å². The second-order valence-corrected chi connectivity index (χ2v) is 6.18. The van der Waals surface area contributed by atoms with Gasteiger partial charge in [0.1, 0.15) is 6.54 Å². The molecule has 1 amide bonds. The summed E-state index contributed by atoms with van der Waals surface area (Å²) in [5, 5.41) is 7.35. The van der Waals surface area contributed by atoms with Crippen LogP contribution in [-0.4, -0.2) is 44.8 Å². The molecule has 8 heteroatoms. The van der Waals surface area contributed by atoms with Crippen molar-refractivity contribution in [3.63, 3.8) is 0 Å². The molecule has 1 atom stereocenters. The van der Waals surface area contributed by atoms with E-state index >= 15 is 0 Å². The lowest BCUT2D eigenvalue weighted by Gasteiger charge is -2.33. The topological polar surface area (TPSA) is 95.9 Å². The number of anilines is 1. The Hall–Kier alpha value is -2.64. The van der Waals surface area contributed by atoms with E-state index in [0.717, 1.165) is 30.8 Å². The summed E-state index contributed by atoms with van der Waals surface area (Å²) in [7, 11) is 0. The Labute approximate surface area is 139 Å². The van der Waals surface area contributed by atoms with Crippen LogP contribution in [0.4, 0.5) is 5.82 Å². The second-order valence-electron chi connectivity index (χ2n) is 6.18. The van der Waals surface area contributed by atoms with E-state index in [1.165, 1.54) is 6.20 Å². The van der Waals surface area contributed by atoms with Crippen molar-refractivity contribution in [2.75, 3.05) is 18.0 Å². The number of carbonyl (C=O) groups excluding carboxylic acids is 1. The van der Waals surface area contributed by atoms with Crippen LogP contribution in [-0.2, 0) is 11.3 Å². The van der Waals surface area contributed by atoms with Crippen LogP contribution < -0.4 is 15.8 Å². The number of H-pyrrole nitrogens is 1. The molecule has 0 aliphatic carbocycles. The third kappa shape index (κ3) is 3.64. The van der Waals surface area contributed by atoms with Gasteiger partial charge >= 0.3 is 0 Å². The Bertz CT molecular complexity index is 781. The number of amides is 1. The minimum atomic E-state index is -0.202. The van der Waals surface area contributed by atoms with E-state index in [2.05, 4.69) is 20.4 Å². The van der Waals surface area contributed by atoms with Crippen molar-refractivity contribution in [3.05, 3.63) is 40.2 Å². The van der Waals surface area contributed by atoms with E-state index in [-0.39, 0.29) is 24.1 Å². The smallest absolute Gasteiger partial charge is 0.290 e. The summed E-state index contributed by atoms with van der Waals surface area (Å²) >= 11 is 0. The van der Waals surface area contributed by atoms with Crippen LogP contribution in [0.3, 0.4) is 0 Å². The van der Waals surface area contributed by atoms with E-state index in [0.29, 0.717) is 12.4 Å². The minimum Gasteiger partial charge on any atom is -0.350 e. The fraction of sp³-hybridized carbons (Fsp3) is 0.500. The Balaban J connectivity index is 1.61. The Morgan fingerprint density at radius 1 is 1.46 bits per heavy atom. The van der Waals surface area contributed by atoms with E-state index in [1.807, 2.05) is 24.8 Å². The van der Waals surface area contributed by atoms with Crippen molar-refractivity contribution >= 4 is 11.7 Å². The molecule has 1 aliphatic rings. The van der Waals surface area contributed by atoms with Gasteiger partial charge in [-0.3, -0.25) is 14.3 Å².